The van der Waals surface area contributed by atoms with E-state index < -0.39 is 11.6 Å². The molecule has 0 aromatic heterocycles. The maximum absolute atomic E-state index is 13.9. The van der Waals surface area contributed by atoms with E-state index in [4.69, 9.17) is 4.74 Å². The Balaban J connectivity index is 2.23. The molecule has 1 N–H and O–H groups in total. The van der Waals surface area contributed by atoms with Crippen LogP contribution in [0.2, 0.25) is 0 Å². The molecule has 2 aromatic rings. The quantitative estimate of drug-likeness (QED) is 0.713. The first-order valence-electron chi connectivity index (χ1n) is 6.14. The van der Waals surface area contributed by atoms with Gasteiger partial charge in [-0.2, -0.15) is 0 Å². The number of nitrogens with one attached hydrogen (secondary N) is 1. The summed E-state index contributed by atoms with van der Waals surface area (Å²) in [6.07, 6.45) is 0. The zero-order chi connectivity index (χ0) is 15.6. The van der Waals surface area contributed by atoms with Gasteiger partial charge in [0.2, 0.25) is 0 Å². The van der Waals surface area contributed by atoms with Gasteiger partial charge in [-0.05, 0) is 68.1 Å². The summed E-state index contributed by atoms with van der Waals surface area (Å²) in [4.78, 5) is 0. The van der Waals surface area contributed by atoms with E-state index in [9.17, 15) is 8.78 Å². The topological polar surface area (TPSA) is 21.3 Å². The number of hydrogen-bond donors (Lipinski definition) is 1. The molecule has 0 atom stereocenters. The molecule has 0 saturated carbocycles. The van der Waals surface area contributed by atoms with Crippen LogP contribution in [0.15, 0.2) is 33.2 Å². The predicted octanol–water partition coefficient (Wildman–Crippen LogP) is 5.42. The molecule has 0 fully saturated rings. The molecule has 2 aromatic carbocycles. The summed E-state index contributed by atoms with van der Waals surface area (Å²) in [5, 5.41) is 2.80. The summed E-state index contributed by atoms with van der Waals surface area (Å²) >= 11 is 6.79. The number of benzene rings is 2. The Morgan fingerprint density at radius 1 is 1.14 bits per heavy atom. The molecule has 2 rings (SSSR count). The second kappa shape index (κ2) is 6.75. The number of halogens is 4. The fourth-order valence-corrected chi connectivity index (χ4v) is 3.52. The fraction of sp³-hybridized carbons (Fsp3) is 0.200. The van der Waals surface area contributed by atoms with Gasteiger partial charge in [-0.25, -0.2) is 8.78 Å². The molecule has 21 heavy (non-hydrogen) atoms. The van der Waals surface area contributed by atoms with Crippen LogP contribution in [0.5, 0.6) is 5.75 Å². The predicted molar refractivity (Wildman–Crippen MR) is 86.8 cm³/mol. The van der Waals surface area contributed by atoms with Crippen LogP contribution in [0.4, 0.5) is 14.5 Å². The summed E-state index contributed by atoms with van der Waals surface area (Å²) in [7, 11) is 1.57. The van der Waals surface area contributed by atoms with Crippen LogP contribution in [0, 0.1) is 18.6 Å². The second-order valence-electron chi connectivity index (χ2n) is 4.50. The summed E-state index contributed by atoms with van der Waals surface area (Å²) in [5.41, 5.74) is 1.14. The van der Waals surface area contributed by atoms with Crippen molar-refractivity contribution in [1.29, 1.82) is 0 Å². The van der Waals surface area contributed by atoms with Gasteiger partial charge in [0, 0.05) is 6.54 Å². The summed E-state index contributed by atoms with van der Waals surface area (Å²) in [6.45, 7) is 1.89. The normalized spacial score (nSPS) is 10.6. The molecule has 0 unspecified atom stereocenters. The Morgan fingerprint density at radius 3 is 2.33 bits per heavy atom. The lowest BCUT2D eigenvalue weighted by Gasteiger charge is -2.12. The lowest BCUT2D eigenvalue weighted by molar-refractivity contribution is 0.409. The summed E-state index contributed by atoms with van der Waals surface area (Å²) < 4.78 is 34.3. The third-order valence-electron chi connectivity index (χ3n) is 3.02. The van der Waals surface area contributed by atoms with E-state index >= 15 is 0 Å². The zero-order valence-electron chi connectivity index (χ0n) is 11.4. The van der Waals surface area contributed by atoms with Crippen molar-refractivity contribution >= 4 is 37.5 Å². The minimum Gasteiger partial charge on any atom is -0.494 e. The van der Waals surface area contributed by atoms with E-state index in [-0.39, 0.29) is 5.69 Å². The van der Waals surface area contributed by atoms with E-state index in [0.717, 1.165) is 14.5 Å². The van der Waals surface area contributed by atoms with Gasteiger partial charge >= 0.3 is 0 Å². The highest BCUT2D eigenvalue weighted by atomic mass is 79.9. The standard InChI is InChI=1S/C15H13Br2F2NO/c1-8-3-4-12(18)14(13(8)19)20-7-9-5-10(16)15(21-2)11(17)6-9/h3-6,20H,7H2,1-2H3. The fourth-order valence-electron chi connectivity index (χ4n) is 1.92. The molecule has 0 spiro atoms. The van der Waals surface area contributed by atoms with Crippen LogP contribution in [-0.4, -0.2) is 7.11 Å². The average molecular weight is 421 g/mol. The molecule has 2 nitrogen and oxygen atoms in total. The van der Waals surface area contributed by atoms with E-state index in [0.29, 0.717) is 17.9 Å². The van der Waals surface area contributed by atoms with Crippen LogP contribution in [0.3, 0.4) is 0 Å². The van der Waals surface area contributed by atoms with Crippen LogP contribution >= 0.6 is 31.9 Å². The molecule has 112 valence electrons. The van der Waals surface area contributed by atoms with Crippen molar-refractivity contribution in [2.75, 3.05) is 12.4 Å². The number of methoxy groups -OCH3 is 1. The number of ether oxygens (including phenoxy) is 1. The van der Waals surface area contributed by atoms with Gasteiger partial charge in [-0.1, -0.05) is 6.07 Å². The molecular formula is C15H13Br2F2NO. The van der Waals surface area contributed by atoms with Crippen molar-refractivity contribution in [2.24, 2.45) is 0 Å². The minimum absolute atomic E-state index is 0.113. The summed E-state index contributed by atoms with van der Waals surface area (Å²) in [6, 6.07) is 6.33. The largest absolute Gasteiger partial charge is 0.494 e. The summed E-state index contributed by atoms with van der Waals surface area (Å²) in [5.74, 6) is -0.502. The van der Waals surface area contributed by atoms with Crippen molar-refractivity contribution in [3.8, 4) is 5.75 Å². The lowest BCUT2D eigenvalue weighted by Crippen LogP contribution is -2.05. The highest BCUT2D eigenvalue weighted by Gasteiger charge is 2.12. The van der Waals surface area contributed by atoms with Crippen molar-refractivity contribution in [3.05, 3.63) is 56.0 Å². The van der Waals surface area contributed by atoms with Gasteiger partial charge in [0.05, 0.1) is 16.1 Å². The Kier molecular flexibility index (Phi) is 5.22. The Morgan fingerprint density at radius 2 is 1.76 bits per heavy atom. The molecule has 0 bridgehead atoms. The van der Waals surface area contributed by atoms with Crippen molar-refractivity contribution < 1.29 is 13.5 Å². The maximum Gasteiger partial charge on any atom is 0.152 e. The van der Waals surface area contributed by atoms with Gasteiger partial charge in [-0.15, -0.1) is 0 Å². The third-order valence-corrected chi connectivity index (χ3v) is 4.19. The zero-order valence-corrected chi connectivity index (χ0v) is 14.6. The Labute approximate surface area is 138 Å². The van der Waals surface area contributed by atoms with Crippen molar-refractivity contribution in [3.63, 3.8) is 0 Å². The molecule has 0 heterocycles. The van der Waals surface area contributed by atoms with E-state index in [2.05, 4.69) is 37.2 Å². The highest BCUT2D eigenvalue weighted by Crippen LogP contribution is 2.34. The van der Waals surface area contributed by atoms with Gasteiger partial charge < -0.3 is 10.1 Å². The molecule has 0 aliphatic carbocycles. The van der Waals surface area contributed by atoms with Gasteiger partial charge in [0.25, 0.3) is 0 Å². The first kappa shape index (κ1) is 16.2. The van der Waals surface area contributed by atoms with Gasteiger partial charge in [-0.3, -0.25) is 0 Å². The lowest BCUT2D eigenvalue weighted by atomic mass is 10.1. The average Bonchev–Trinajstić information content (AvgIpc) is 2.43. The monoisotopic (exact) mass is 419 g/mol. The van der Waals surface area contributed by atoms with E-state index in [1.54, 1.807) is 14.0 Å². The second-order valence-corrected chi connectivity index (χ2v) is 6.21. The van der Waals surface area contributed by atoms with Crippen molar-refractivity contribution in [1.82, 2.24) is 0 Å². The maximum atomic E-state index is 13.9. The molecule has 0 radical (unpaired) electrons. The first-order chi connectivity index (χ1) is 9.93. The Hall–Kier alpha value is -1.14. The first-order valence-corrected chi connectivity index (χ1v) is 7.73. The number of rotatable bonds is 4. The van der Waals surface area contributed by atoms with Crippen molar-refractivity contribution in [2.45, 2.75) is 13.5 Å². The molecule has 0 aliphatic heterocycles. The number of aryl methyl sites for hydroxylation is 1. The van der Waals surface area contributed by atoms with Crippen LogP contribution in [0.1, 0.15) is 11.1 Å². The molecular weight excluding hydrogens is 408 g/mol. The number of hydrogen-bond acceptors (Lipinski definition) is 2. The van der Waals surface area contributed by atoms with Crippen LogP contribution in [-0.2, 0) is 6.54 Å². The number of anilines is 1. The van der Waals surface area contributed by atoms with Crippen LogP contribution < -0.4 is 10.1 Å². The van der Waals surface area contributed by atoms with Crippen LogP contribution in [0.25, 0.3) is 0 Å². The van der Waals surface area contributed by atoms with E-state index in [1.165, 1.54) is 12.1 Å². The third kappa shape index (κ3) is 3.55. The van der Waals surface area contributed by atoms with Gasteiger partial charge in [0.1, 0.15) is 17.3 Å². The molecule has 0 amide bonds. The Bertz CT molecular complexity index is 654. The smallest absolute Gasteiger partial charge is 0.152 e. The van der Waals surface area contributed by atoms with E-state index in [1.807, 2.05) is 12.1 Å². The van der Waals surface area contributed by atoms with Gasteiger partial charge in [0.15, 0.2) is 5.82 Å². The molecule has 6 heteroatoms. The molecule has 0 aliphatic rings. The highest BCUT2D eigenvalue weighted by molar-refractivity contribution is 9.11. The minimum atomic E-state index is -0.607. The molecule has 0 saturated heterocycles. The SMILES string of the molecule is COc1c(Br)cc(CNc2c(F)ccc(C)c2F)cc1Br.